The van der Waals surface area contributed by atoms with Crippen molar-refractivity contribution in [2.45, 2.75) is 26.3 Å². The highest BCUT2D eigenvalue weighted by molar-refractivity contribution is 5.72. The van der Waals surface area contributed by atoms with Crippen LogP contribution in [0.15, 0.2) is 38.0 Å². The van der Waals surface area contributed by atoms with Crippen LogP contribution in [0.2, 0.25) is 0 Å². The summed E-state index contributed by atoms with van der Waals surface area (Å²) < 4.78 is 11.8. The van der Waals surface area contributed by atoms with Crippen molar-refractivity contribution in [2.75, 3.05) is 0 Å². The van der Waals surface area contributed by atoms with Gasteiger partial charge in [-0.3, -0.25) is 4.57 Å². The Hall–Kier alpha value is -2.37. The van der Waals surface area contributed by atoms with E-state index in [1.807, 2.05) is 25.1 Å². The Bertz CT molecular complexity index is 754. The molecule has 6 nitrogen and oxygen atoms in total. The Morgan fingerprint density at radius 3 is 3.00 bits per heavy atom. The largest absolute Gasteiger partial charge is 0.420 e. The lowest BCUT2D eigenvalue weighted by Crippen LogP contribution is -2.15. The van der Waals surface area contributed by atoms with Crippen molar-refractivity contribution in [2.24, 2.45) is 0 Å². The Kier molecular flexibility index (Phi) is 2.91. The van der Waals surface area contributed by atoms with E-state index in [0.29, 0.717) is 17.3 Å². The van der Waals surface area contributed by atoms with Crippen LogP contribution in [0.4, 0.5) is 0 Å². The van der Waals surface area contributed by atoms with Gasteiger partial charge in [-0.05, 0) is 18.6 Å². The van der Waals surface area contributed by atoms with E-state index in [1.54, 1.807) is 6.07 Å². The van der Waals surface area contributed by atoms with Gasteiger partial charge < -0.3 is 8.94 Å². The highest BCUT2D eigenvalue weighted by Gasteiger charge is 2.12. The van der Waals surface area contributed by atoms with Crippen LogP contribution < -0.4 is 5.76 Å². The molecular weight excluding hydrogens is 246 g/mol. The molecule has 3 rings (SSSR count). The summed E-state index contributed by atoms with van der Waals surface area (Å²) in [5, 5.41) is 3.86. The van der Waals surface area contributed by atoms with Crippen LogP contribution in [-0.2, 0) is 13.0 Å². The van der Waals surface area contributed by atoms with E-state index < -0.39 is 5.76 Å². The number of fused-ring (bicyclic) bond motifs is 1. The Labute approximate surface area is 108 Å². The zero-order valence-electron chi connectivity index (χ0n) is 10.5. The Morgan fingerprint density at radius 1 is 1.32 bits per heavy atom. The van der Waals surface area contributed by atoms with Crippen LogP contribution in [0.3, 0.4) is 0 Å². The monoisotopic (exact) mass is 259 g/mol. The lowest BCUT2D eigenvalue weighted by Gasteiger charge is -1.96. The lowest BCUT2D eigenvalue weighted by molar-refractivity contribution is 0.362. The van der Waals surface area contributed by atoms with Crippen LogP contribution >= 0.6 is 0 Å². The molecule has 2 heterocycles. The third-order valence-electron chi connectivity index (χ3n) is 2.85. The van der Waals surface area contributed by atoms with Crippen molar-refractivity contribution in [3.63, 3.8) is 0 Å². The minimum atomic E-state index is -0.420. The molecular formula is C13H13N3O3. The molecule has 0 amide bonds. The first-order valence-electron chi connectivity index (χ1n) is 6.17. The van der Waals surface area contributed by atoms with E-state index in [1.165, 1.54) is 4.57 Å². The highest BCUT2D eigenvalue weighted by atomic mass is 16.5. The van der Waals surface area contributed by atoms with Crippen molar-refractivity contribution in [1.29, 1.82) is 0 Å². The first kappa shape index (κ1) is 11.7. The molecule has 0 aliphatic rings. The maximum atomic E-state index is 11.8. The van der Waals surface area contributed by atoms with E-state index in [0.717, 1.165) is 18.4 Å². The van der Waals surface area contributed by atoms with Gasteiger partial charge in [-0.15, -0.1) is 0 Å². The molecule has 0 radical (unpaired) electrons. The number of aromatic nitrogens is 3. The lowest BCUT2D eigenvalue weighted by atomic mass is 10.3. The summed E-state index contributed by atoms with van der Waals surface area (Å²) in [7, 11) is 0. The number of rotatable bonds is 4. The molecule has 0 atom stereocenters. The third-order valence-corrected chi connectivity index (χ3v) is 2.85. The van der Waals surface area contributed by atoms with Gasteiger partial charge in [0.05, 0.1) is 5.52 Å². The maximum absolute atomic E-state index is 11.8. The molecule has 0 unspecified atom stereocenters. The molecule has 19 heavy (non-hydrogen) atoms. The Balaban J connectivity index is 1.96. The van der Waals surface area contributed by atoms with Gasteiger partial charge in [0, 0.05) is 6.42 Å². The number of aryl methyl sites for hydroxylation is 1. The molecule has 6 heteroatoms. The molecule has 0 N–H and O–H groups in total. The van der Waals surface area contributed by atoms with Crippen LogP contribution in [0.25, 0.3) is 11.1 Å². The fraction of sp³-hybridized carbons (Fsp3) is 0.308. The highest BCUT2D eigenvalue weighted by Crippen LogP contribution is 2.13. The van der Waals surface area contributed by atoms with E-state index in [4.69, 9.17) is 8.94 Å². The van der Waals surface area contributed by atoms with Crippen molar-refractivity contribution in [1.82, 2.24) is 14.7 Å². The van der Waals surface area contributed by atoms with E-state index >= 15 is 0 Å². The van der Waals surface area contributed by atoms with Crippen molar-refractivity contribution >= 4 is 11.1 Å². The smallest absolute Gasteiger partial charge is 0.408 e. The fourth-order valence-electron chi connectivity index (χ4n) is 1.98. The third kappa shape index (κ3) is 2.16. The van der Waals surface area contributed by atoms with Gasteiger partial charge in [-0.2, -0.15) is 4.98 Å². The van der Waals surface area contributed by atoms with Crippen molar-refractivity contribution in [3.05, 3.63) is 46.5 Å². The molecule has 0 saturated carbocycles. The van der Waals surface area contributed by atoms with E-state index in [2.05, 4.69) is 10.1 Å². The molecule has 0 aliphatic carbocycles. The number of benzene rings is 1. The summed E-state index contributed by atoms with van der Waals surface area (Å²) in [5.41, 5.74) is 1.28. The van der Waals surface area contributed by atoms with Crippen LogP contribution in [0.1, 0.15) is 25.1 Å². The summed E-state index contributed by atoms with van der Waals surface area (Å²) >= 11 is 0. The second-order valence-corrected chi connectivity index (χ2v) is 4.28. The normalized spacial score (nSPS) is 11.2. The van der Waals surface area contributed by atoms with E-state index in [9.17, 15) is 4.79 Å². The van der Waals surface area contributed by atoms with Gasteiger partial charge in [-0.25, -0.2) is 4.79 Å². The molecule has 2 aromatic heterocycles. The second-order valence-electron chi connectivity index (χ2n) is 4.28. The minimum Gasteiger partial charge on any atom is -0.408 e. The van der Waals surface area contributed by atoms with Gasteiger partial charge in [0.15, 0.2) is 11.4 Å². The number of hydrogen-bond donors (Lipinski definition) is 0. The summed E-state index contributed by atoms with van der Waals surface area (Å²) in [6.07, 6.45) is 1.72. The number of para-hydroxylation sites is 2. The number of oxazole rings is 1. The van der Waals surface area contributed by atoms with E-state index in [-0.39, 0.29) is 6.54 Å². The van der Waals surface area contributed by atoms with Crippen LogP contribution in [-0.4, -0.2) is 14.7 Å². The molecule has 3 aromatic rings. The molecule has 0 aliphatic heterocycles. The zero-order chi connectivity index (χ0) is 13.2. The molecule has 0 bridgehead atoms. The zero-order valence-corrected chi connectivity index (χ0v) is 10.5. The predicted molar refractivity (Wildman–Crippen MR) is 67.9 cm³/mol. The van der Waals surface area contributed by atoms with Gasteiger partial charge in [0.2, 0.25) is 5.89 Å². The summed E-state index contributed by atoms with van der Waals surface area (Å²) in [6, 6.07) is 7.25. The van der Waals surface area contributed by atoms with Crippen LogP contribution in [0.5, 0.6) is 0 Å². The first-order chi connectivity index (χ1) is 9.28. The molecule has 1 aromatic carbocycles. The standard InChI is InChI=1S/C13H13N3O3/c1-2-5-11-14-12(19-15-11)8-16-9-6-3-4-7-10(9)18-13(16)17/h3-4,6-7H,2,5,8H2,1H3. The fourth-order valence-corrected chi connectivity index (χ4v) is 1.98. The minimum absolute atomic E-state index is 0.229. The second kappa shape index (κ2) is 4.72. The molecule has 0 saturated heterocycles. The predicted octanol–water partition coefficient (Wildman–Crippen LogP) is 1.98. The SMILES string of the molecule is CCCc1noc(Cn2c(=O)oc3ccccc32)n1. The van der Waals surface area contributed by atoms with Gasteiger partial charge in [0.25, 0.3) is 0 Å². The average Bonchev–Trinajstić information content (AvgIpc) is 2.96. The summed E-state index contributed by atoms with van der Waals surface area (Å²) in [5.74, 6) is 0.659. The first-order valence-corrected chi connectivity index (χ1v) is 6.17. The Morgan fingerprint density at radius 2 is 2.16 bits per heavy atom. The molecule has 0 fully saturated rings. The average molecular weight is 259 g/mol. The number of nitrogens with zero attached hydrogens (tertiary/aromatic N) is 3. The maximum Gasteiger partial charge on any atom is 0.420 e. The summed E-state index contributed by atoms with van der Waals surface area (Å²) in [4.78, 5) is 16.0. The van der Waals surface area contributed by atoms with Gasteiger partial charge >= 0.3 is 5.76 Å². The van der Waals surface area contributed by atoms with Gasteiger partial charge in [-0.1, -0.05) is 24.2 Å². The summed E-state index contributed by atoms with van der Waals surface area (Å²) in [6.45, 7) is 2.27. The molecule has 0 spiro atoms. The van der Waals surface area contributed by atoms with Gasteiger partial charge in [0.1, 0.15) is 6.54 Å². The number of hydrogen-bond acceptors (Lipinski definition) is 5. The molecule has 98 valence electrons. The van der Waals surface area contributed by atoms with Crippen LogP contribution in [0, 0.1) is 0 Å². The topological polar surface area (TPSA) is 74.1 Å². The van der Waals surface area contributed by atoms with Crippen molar-refractivity contribution in [3.8, 4) is 0 Å². The van der Waals surface area contributed by atoms with Crippen molar-refractivity contribution < 1.29 is 8.94 Å². The quantitative estimate of drug-likeness (QED) is 0.716.